The number of anilines is 1. The van der Waals surface area contributed by atoms with Gasteiger partial charge in [-0.2, -0.15) is 0 Å². The van der Waals surface area contributed by atoms with Crippen molar-refractivity contribution in [2.24, 2.45) is 5.41 Å². The van der Waals surface area contributed by atoms with E-state index >= 15 is 0 Å². The molecule has 1 aromatic rings. The number of hydrogen-bond donors (Lipinski definition) is 1. The van der Waals surface area contributed by atoms with Gasteiger partial charge in [0, 0.05) is 31.7 Å². The summed E-state index contributed by atoms with van der Waals surface area (Å²) in [6, 6.07) is 9.92. The van der Waals surface area contributed by atoms with E-state index in [2.05, 4.69) is 37.9 Å². The number of nitrogens with zero attached hydrogens (tertiary/aromatic N) is 3. The Hall–Kier alpha value is -2.57. The minimum absolute atomic E-state index is 0.00471. The van der Waals surface area contributed by atoms with Crippen molar-refractivity contribution in [3.05, 3.63) is 30.3 Å². The summed E-state index contributed by atoms with van der Waals surface area (Å²) in [5, 5.41) is 2.92. The molecule has 0 aliphatic carbocycles. The second-order valence-electron chi connectivity index (χ2n) is 10.3. The summed E-state index contributed by atoms with van der Waals surface area (Å²) in [5.41, 5.74) is 0.209. The maximum atomic E-state index is 13.6. The number of para-hydroxylation sites is 1. The predicted octanol–water partition coefficient (Wildman–Crippen LogP) is 3.01. The summed E-state index contributed by atoms with van der Waals surface area (Å²) in [7, 11) is 0. The van der Waals surface area contributed by atoms with Gasteiger partial charge in [0.15, 0.2) is 0 Å². The van der Waals surface area contributed by atoms with Crippen LogP contribution in [0.15, 0.2) is 30.3 Å². The highest BCUT2D eigenvalue weighted by Gasteiger charge is 2.54. The van der Waals surface area contributed by atoms with E-state index in [0.717, 1.165) is 18.5 Å². The zero-order valence-corrected chi connectivity index (χ0v) is 20.0. The summed E-state index contributed by atoms with van der Waals surface area (Å²) in [6.07, 6.45) is 3.59. The Kier molecular flexibility index (Phi) is 7.47. The summed E-state index contributed by atoms with van der Waals surface area (Å²) >= 11 is 0. The largest absolute Gasteiger partial charge is 0.355 e. The molecule has 2 saturated heterocycles. The van der Waals surface area contributed by atoms with Crippen molar-refractivity contribution in [3.63, 3.8) is 0 Å². The zero-order valence-electron chi connectivity index (χ0n) is 20.0. The van der Waals surface area contributed by atoms with E-state index < -0.39 is 5.54 Å². The van der Waals surface area contributed by atoms with Crippen molar-refractivity contribution >= 4 is 23.4 Å². The van der Waals surface area contributed by atoms with Gasteiger partial charge in [-0.15, -0.1) is 0 Å². The second-order valence-corrected chi connectivity index (χ2v) is 10.3. The van der Waals surface area contributed by atoms with E-state index in [9.17, 15) is 14.4 Å². The molecule has 2 aliphatic heterocycles. The van der Waals surface area contributed by atoms with Gasteiger partial charge in [0.2, 0.25) is 11.8 Å². The molecule has 176 valence electrons. The number of nitrogens with one attached hydrogen (secondary N) is 1. The molecule has 7 heteroatoms. The summed E-state index contributed by atoms with van der Waals surface area (Å²) < 4.78 is 0. The van der Waals surface area contributed by atoms with Gasteiger partial charge < -0.3 is 20.0 Å². The number of benzene rings is 1. The lowest BCUT2D eigenvalue weighted by atomic mass is 9.84. The number of unbranched alkanes of at least 4 members (excludes halogenated alkanes) is 1. The van der Waals surface area contributed by atoms with Crippen LogP contribution < -0.4 is 10.2 Å². The van der Waals surface area contributed by atoms with Gasteiger partial charge in [0.05, 0.1) is 6.67 Å². The SMILES string of the molecule is CCCCNC(=O)CN1CN(c2ccccc2)C2(CCN(C(=O)CC(C)(C)C)CC2)C1=O. The molecule has 1 N–H and O–H groups in total. The van der Waals surface area contributed by atoms with Crippen LogP contribution in [0, 0.1) is 5.41 Å². The quantitative estimate of drug-likeness (QED) is 0.659. The molecule has 2 heterocycles. The molecule has 0 unspecified atom stereocenters. The second kappa shape index (κ2) is 9.92. The molecular weight excluding hydrogens is 404 g/mol. The summed E-state index contributed by atoms with van der Waals surface area (Å²) in [6.45, 7) is 10.5. The molecule has 1 spiro atoms. The Labute approximate surface area is 192 Å². The van der Waals surface area contributed by atoms with Gasteiger partial charge in [-0.05, 0) is 36.8 Å². The highest BCUT2D eigenvalue weighted by molar-refractivity contribution is 5.96. The van der Waals surface area contributed by atoms with Crippen molar-refractivity contribution in [2.75, 3.05) is 37.7 Å². The monoisotopic (exact) mass is 442 g/mol. The fourth-order valence-corrected chi connectivity index (χ4v) is 4.65. The Bertz CT molecular complexity index is 810. The maximum absolute atomic E-state index is 13.6. The molecule has 1 aromatic carbocycles. The Morgan fingerprint density at radius 2 is 1.75 bits per heavy atom. The molecule has 2 aliphatic rings. The van der Waals surface area contributed by atoms with E-state index in [1.165, 1.54) is 0 Å². The number of likely N-dealkylation sites (tertiary alicyclic amines) is 1. The lowest BCUT2D eigenvalue weighted by Gasteiger charge is -2.43. The number of carbonyl (C=O) groups excluding carboxylic acids is 3. The molecule has 0 radical (unpaired) electrons. The highest BCUT2D eigenvalue weighted by atomic mass is 16.2. The number of amides is 3. The smallest absolute Gasteiger partial charge is 0.250 e. The third kappa shape index (κ3) is 5.43. The van der Waals surface area contributed by atoms with E-state index in [0.29, 0.717) is 45.6 Å². The van der Waals surface area contributed by atoms with Gasteiger partial charge in [-0.1, -0.05) is 52.3 Å². The van der Waals surface area contributed by atoms with E-state index in [-0.39, 0.29) is 29.7 Å². The van der Waals surface area contributed by atoms with Crippen LogP contribution in [0.1, 0.15) is 59.8 Å². The van der Waals surface area contributed by atoms with Crippen LogP contribution in [0.4, 0.5) is 5.69 Å². The number of hydrogen-bond acceptors (Lipinski definition) is 4. The van der Waals surface area contributed by atoms with Crippen LogP contribution in [-0.2, 0) is 14.4 Å². The molecule has 3 rings (SSSR count). The minimum atomic E-state index is -0.705. The van der Waals surface area contributed by atoms with Crippen LogP contribution in [0.5, 0.6) is 0 Å². The molecule has 0 saturated carbocycles. The average molecular weight is 443 g/mol. The topological polar surface area (TPSA) is 73.0 Å². The molecule has 7 nitrogen and oxygen atoms in total. The zero-order chi connectivity index (χ0) is 23.4. The molecular formula is C25H38N4O3. The Balaban J connectivity index is 1.75. The lowest BCUT2D eigenvalue weighted by molar-refractivity contribution is -0.140. The third-order valence-electron chi connectivity index (χ3n) is 6.39. The summed E-state index contributed by atoms with van der Waals surface area (Å²) in [5.74, 6) is 0.0285. The number of carbonyl (C=O) groups is 3. The van der Waals surface area contributed by atoms with Crippen LogP contribution in [0.25, 0.3) is 0 Å². The maximum Gasteiger partial charge on any atom is 0.250 e. The van der Waals surface area contributed by atoms with Gasteiger partial charge in [0.25, 0.3) is 5.91 Å². The fraction of sp³-hybridized carbons (Fsp3) is 0.640. The van der Waals surface area contributed by atoms with Gasteiger partial charge in [-0.3, -0.25) is 14.4 Å². The number of piperidine rings is 1. The Morgan fingerprint density at radius 1 is 1.09 bits per heavy atom. The minimum Gasteiger partial charge on any atom is -0.355 e. The lowest BCUT2D eigenvalue weighted by Crippen LogP contribution is -2.57. The summed E-state index contributed by atoms with van der Waals surface area (Å²) in [4.78, 5) is 44.5. The normalized spacial score (nSPS) is 18.4. The van der Waals surface area contributed by atoms with Crippen LogP contribution in [0.3, 0.4) is 0 Å². The van der Waals surface area contributed by atoms with Crippen molar-refractivity contribution in [3.8, 4) is 0 Å². The fourth-order valence-electron chi connectivity index (χ4n) is 4.65. The molecule has 32 heavy (non-hydrogen) atoms. The predicted molar refractivity (Wildman–Crippen MR) is 126 cm³/mol. The van der Waals surface area contributed by atoms with Crippen molar-refractivity contribution < 1.29 is 14.4 Å². The molecule has 0 bridgehead atoms. The van der Waals surface area contributed by atoms with E-state index in [1.807, 2.05) is 35.2 Å². The van der Waals surface area contributed by atoms with Crippen molar-refractivity contribution in [1.82, 2.24) is 15.1 Å². The first kappa shape index (κ1) is 24.1. The first-order valence-electron chi connectivity index (χ1n) is 11.8. The van der Waals surface area contributed by atoms with Crippen LogP contribution in [0.2, 0.25) is 0 Å². The highest BCUT2D eigenvalue weighted by Crippen LogP contribution is 2.39. The average Bonchev–Trinajstić information content (AvgIpc) is 3.00. The molecule has 0 aromatic heterocycles. The van der Waals surface area contributed by atoms with Gasteiger partial charge in [0.1, 0.15) is 12.1 Å². The van der Waals surface area contributed by atoms with E-state index in [4.69, 9.17) is 0 Å². The first-order chi connectivity index (χ1) is 15.2. The molecule has 0 atom stereocenters. The van der Waals surface area contributed by atoms with Crippen molar-refractivity contribution in [1.29, 1.82) is 0 Å². The number of rotatable bonds is 7. The molecule has 2 fully saturated rings. The van der Waals surface area contributed by atoms with Crippen molar-refractivity contribution in [2.45, 2.75) is 65.3 Å². The standard InChI is InChI=1S/C25H38N4O3/c1-5-6-14-26-21(30)18-28-19-29(20-10-8-7-9-11-20)25(23(28)32)12-15-27(16-13-25)22(31)17-24(2,3)4/h7-11H,5-6,12-19H2,1-4H3,(H,26,30). The first-order valence-corrected chi connectivity index (χ1v) is 11.8. The van der Waals surface area contributed by atoms with Gasteiger partial charge >= 0.3 is 0 Å². The Morgan fingerprint density at radius 3 is 2.34 bits per heavy atom. The third-order valence-corrected chi connectivity index (χ3v) is 6.39. The van der Waals surface area contributed by atoms with Crippen LogP contribution >= 0.6 is 0 Å². The van der Waals surface area contributed by atoms with Crippen LogP contribution in [-0.4, -0.2) is 65.9 Å². The van der Waals surface area contributed by atoms with Gasteiger partial charge in [-0.25, -0.2) is 0 Å². The molecule has 3 amide bonds. The van der Waals surface area contributed by atoms with E-state index in [1.54, 1.807) is 4.90 Å².